The van der Waals surface area contributed by atoms with Crippen molar-refractivity contribution >= 4 is 21.1 Å². The predicted molar refractivity (Wildman–Crippen MR) is 154 cm³/mol. The highest BCUT2D eigenvalue weighted by atomic mass is 32.2. The quantitative estimate of drug-likeness (QED) is 0.203. The Morgan fingerprint density at radius 1 is 0.897 bits per heavy atom. The third-order valence-electron chi connectivity index (χ3n) is 6.83. The lowest BCUT2D eigenvalue weighted by molar-refractivity contribution is 0.306. The lowest BCUT2D eigenvalue weighted by atomic mass is 9.98. The van der Waals surface area contributed by atoms with Gasteiger partial charge in [-0.1, -0.05) is 74.5 Å². The highest BCUT2D eigenvalue weighted by molar-refractivity contribution is 7.89. The number of halogens is 1. The number of nitrogens with zero attached hydrogens (tertiary/aromatic N) is 2. The molecule has 0 aliphatic carbocycles. The fraction of sp³-hybridized carbons (Fsp3) is 0.219. The third kappa shape index (κ3) is 5.45. The standard InChI is InChI=1S/C32H31FN2O3S/c1-21(2)27-18-35(39(36,37)20-25-13-9-6-10-14-25)29-17-28(33)32(34-31(27)29)30-22(3)15-26(16-23(30)4)38-19-24-11-7-5-8-12-24/h5-18,21H,19-20H2,1-4H3. The van der Waals surface area contributed by atoms with Crippen LogP contribution in [0.5, 0.6) is 5.75 Å². The number of benzene rings is 3. The van der Waals surface area contributed by atoms with E-state index in [2.05, 4.69) is 0 Å². The molecule has 0 fully saturated rings. The van der Waals surface area contributed by atoms with Crippen LogP contribution >= 0.6 is 0 Å². The van der Waals surface area contributed by atoms with E-state index in [1.165, 1.54) is 10.0 Å². The van der Waals surface area contributed by atoms with Crippen LogP contribution in [0.4, 0.5) is 4.39 Å². The van der Waals surface area contributed by atoms with E-state index >= 15 is 4.39 Å². The Bertz CT molecular complexity index is 1720. The molecule has 7 heteroatoms. The van der Waals surface area contributed by atoms with Crippen LogP contribution in [0.15, 0.2) is 85.1 Å². The largest absolute Gasteiger partial charge is 0.489 e. The first-order valence-corrected chi connectivity index (χ1v) is 14.5. The van der Waals surface area contributed by atoms with E-state index < -0.39 is 15.8 Å². The summed E-state index contributed by atoms with van der Waals surface area (Å²) in [6, 6.07) is 23.9. The molecule has 0 atom stereocenters. The van der Waals surface area contributed by atoms with Crippen LogP contribution in [0.2, 0.25) is 0 Å². The number of hydrogen-bond donors (Lipinski definition) is 0. The van der Waals surface area contributed by atoms with E-state index in [9.17, 15) is 8.42 Å². The maximum atomic E-state index is 15.7. The fourth-order valence-corrected chi connectivity index (χ4v) is 6.39. The Morgan fingerprint density at radius 2 is 1.49 bits per heavy atom. The van der Waals surface area contributed by atoms with Gasteiger partial charge in [0.05, 0.1) is 16.8 Å². The highest BCUT2D eigenvalue weighted by Gasteiger charge is 2.25. The highest BCUT2D eigenvalue weighted by Crippen LogP contribution is 2.36. The lowest BCUT2D eigenvalue weighted by Gasteiger charge is -2.15. The van der Waals surface area contributed by atoms with E-state index in [1.54, 1.807) is 30.5 Å². The van der Waals surface area contributed by atoms with Gasteiger partial charge >= 0.3 is 0 Å². The molecule has 2 heterocycles. The van der Waals surface area contributed by atoms with Gasteiger partial charge in [-0.3, -0.25) is 0 Å². The Kier molecular flexibility index (Phi) is 7.28. The van der Waals surface area contributed by atoms with Crippen molar-refractivity contribution in [2.75, 3.05) is 0 Å². The van der Waals surface area contributed by atoms with Crippen LogP contribution in [0.1, 0.15) is 47.6 Å². The van der Waals surface area contributed by atoms with Crippen molar-refractivity contribution in [1.29, 1.82) is 0 Å². The molecule has 0 aliphatic heterocycles. The molecule has 39 heavy (non-hydrogen) atoms. The molecule has 0 N–H and O–H groups in total. The van der Waals surface area contributed by atoms with E-state index in [0.717, 1.165) is 22.3 Å². The molecular weight excluding hydrogens is 511 g/mol. The fourth-order valence-electron chi connectivity index (χ4n) is 4.92. The predicted octanol–water partition coefficient (Wildman–Crippen LogP) is 7.54. The summed E-state index contributed by atoms with van der Waals surface area (Å²) < 4.78 is 49.8. The lowest BCUT2D eigenvalue weighted by Crippen LogP contribution is -2.14. The second-order valence-corrected chi connectivity index (χ2v) is 12.0. The van der Waals surface area contributed by atoms with Crippen molar-refractivity contribution in [1.82, 2.24) is 8.96 Å². The van der Waals surface area contributed by atoms with Gasteiger partial charge in [0.15, 0.2) is 5.82 Å². The average molecular weight is 543 g/mol. The molecule has 0 unspecified atom stereocenters. The van der Waals surface area contributed by atoms with Crippen molar-refractivity contribution in [2.45, 2.75) is 46.0 Å². The van der Waals surface area contributed by atoms with Crippen LogP contribution in [-0.2, 0) is 22.4 Å². The number of ether oxygens (including phenoxy) is 1. The summed E-state index contributed by atoms with van der Waals surface area (Å²) >= 11 is 0. The molecule has 5 rings (SSSR count). The molecule has 0 aliphatic rings. The van der Waals surface area contributed by atoms with Gasteiger partial charge < -0.3 is 4.74 Å². The molecule has 200 valence electrons. The van der Waals surface area contributed by atoms with Crippen LogP contribution in [-0.4, -0.2) is 17.4 Å². The van der Waals surface area contributed by atoms with Crippen LogP contribution in [0.25, 0.3) is 22.3 Å². The number of aryl methyl sites for hydroxylation is 2. The zero-order chi connectivity index (χ0) is 27.7. The zero-order valence-electron chi connectivity index (χ0n) is 22.5. The molecule has 0 saturated heterocycles. The molecule has 0 amide bonds. The molecule has 5 aromatic rings. The van der Waals surface area contributed by atoms with E-state index in [1.807, 2.05) is 76.2 Å². The summed E-state index contributed by atoms with van der Waals surface area (Å²) in [4.78, 5) is 4.75. The van der Waals surface area contributed by atoms with Crippen molar-refractivity contribution in [3.05, 3.63) is 119 Å². The minimum absolute atomic E-state index is 0.0116. The summed E-state index contributed by atoms with van der Waals surface area (Å²) in [5, 5.41) is 0. The Labute approximate surface area is 229 Å². The first kappa shape index (κ1) is 26.6. The van der Waals surface area contributed by atoms with Crippen LogP contribution in [0, 0.1) is 19.7 Å². The third-order valence-corrected chi connectivity index (χ3v) is 8.43. The van der Waals surface area contributed by atoms with Gasteiger partial charge in [-0.15, -0.1) is 0 Å². The second-order valence-electron chi connectivity index (χ2n) is 10.2. The minimum atomic E-state index is -3.80. The summed E-state index contributed by atoms with van der Waals surface area (Å²) in [5.41, 5.74) is 5.73. The summed E-state index contributed by atoms with van der Waals surface area (Å²) in [6.07, 6.45) is 1.59. The van der Waals surface area contributed by atoms with Crippen molar-refractivity contribution in [3.63, 3.8) is 0 Å². The van der Waals surface area contributed by atoms with Gasteiger partial charge in [0, 0.05) is 17.8 Å². The number of aromatic nitrogens is 2. The van der Waals surface area contributed by atoms with Gasteiger partial charge in [-0.05, 0) is 59.7 Å². The van der Waals surface area contributed by atoms with E-state index in [0.29, 0.717) is 29.0 Å². The van der Waals surface area contributed by atoms with Crippen LogP contribution < -0.4 is 4.74 Å². The van der Waals surface area contributed by atoms with Crippen LogP contribution in [0.3, 0.4) is 0 Å². The van der Waals surface area contributed by atoms with E-state index in [-0.39, 0.29) is 22.9 Å². The minimum Gasteiger partial charge on any atom is -0.489 e. The van der Waals surface area contributed by atoms with Gasteiger partial charge in [0.2, 0.25) is 10.0 Å². The molecule has 0 radical (unpaired) electrons. The normalized spacial score (nSPS) is 11.8. The van der Waals surface area contributed by atoms with E-state index in [4.69, 9.17) is 9.72 Å². The summed E-state index contributed by atoms with van der Waals surface area (Å²) in [6.45, 7) is 8.19. The maximum absolute atomic E-state index is 15.7. The van der Waals surface area contributed by atoms with Gasteiger partial charge in [-0.2, -0.15) is 0 Å². The van der Waals surface area contributed by atoms with Crippen molar-refractivity contribution in [3.8, 4) is 17.0 Å². The smallest absolute Gasteiger partial charge is 0.243 e. The number of rotatable bonds is 8. The monoisotopic (exact) mass is 542 g/mol. The molecule has 0 saturated carbocycles. The molecule has 3 aromatic carbocycles. The maximum Gasteiger partial charge on any atom is 0.243 e. The summed E-state index contributed by atoms with van der Waals surface area (Å²) in [7, 11) is -3.80. The Hall–Kier alpha value is -3.97. The second kappa shape index (κ2) is 10.7. The number of fused-ring (bicyclic) bond motifs is 1. The topological polar surface area (TPSA) is 61.2 Å². The van der Waals surface area contributed by atoms with Crippen molar-refractivity contribution < 1.29 is 17.5 Å². The molecule has 5 nitrogen and oxygen atoms in total. The average Bonchev–Trinajstić information content (AvgIpc) is 3.28. The first-order chi connectivity index (χ1) is 18.6. The Balaban J connectivity index is 1.56. The van der Waals surface area contributed by atoms with Crippen molar-refractivity contribution in [2.24, 2.45) is 0 Å². The molecule has 0 spiro atoms. The van der Waals surface area contributed by atoms with Gasteiger partial charge in [0.25, 0.3) is 0 Å². The molecule has 0 bridgehead atoms. The first-order valence-electron chi connectivity index (χ1n) is 12.9. The zero-order valence-corrected chi connectivity index (χ0v) is 23.3. The molecule has 2 aromatic heterocycles. The van der Waals surface area contributed by atoms with Gasteiger partial charge in [-0.25, -0.2) is 21.8 Å². The Morgan fingerprint density at radius 3 is 2.08 bits per heavy atom. The number of hydrogen-bond acceptors (Lipinski definition) is 4. The number of pyridine rings is 1. The van der Waals surface area contributed by atoms with Gasteiger partial charge in [0.1, 0.15) is 18.1 Å². The SMILES string of the molecule is Cc1cc(OCc2ccccc2)cc(C)c1-c1nc2c(C(C)C)cn(S(=O)(=O)Cc3ccccc3)c2cc1F. The molecular formula is C32H31FN2O3S. The summed E-state index contributed by atoms with van der Waals surface area (Å²) in [5.74, 6) is -0.0833.